The lowest BCUT2D eigenvalue weighted by atomic mass is 10.1. The highest BCUT2D eigenvalue weighted by molar-refractivity contribution is 5.99. The normalized spacial score (nSPS) is 9.83. The van der Waals surface area contributed by atoms with E-state index in [0.29, 0.717) is 0 Å². The summed E-state index contributed by atoms with van der Waals surface area (Å²) >= 11 is 0. The van der Waals surface area contributed by atoms with Crippen LogP contribution in [0, 0.1) is 5.82 Å². The Morgan fingerprint density at radius 3 is 2.83 bits per heavy atom. The van der Waals surface area contributed by atoms with Crippen LogP contribution in [0.4, 0.5) is 4.39 Å². The van der Waals surface area contributed by atoms with Crippen molar-refractivity contribution in [2.45, 2.75) is 0 Å². The molecule has 0 heterocycles. The van der Waals surface area contributed by atoms with Crippen molar-refractivity contribution >= 4 is 5.78 Å². The van der Waals surface area contributed by atoms with Crippen LogP contribution < -0.4 is 5.73 Å². The van der Waals surface area contributed by atoms with Gasteiger partial charge in [-0.1, -0.05) is 6.07 Å². The summed E-state index contributed by atoms with van der Waals surface area (Å²) in [5, 5.41) is 9.05. The summed E-state index contributed by atoms with van der Waals surface area (Å²) in [5.74, 6) is -1.92. The van der Waals surface area contributed by atoms with E-state index in [4.69, 9.17) is 10.8 Å². The van der Waals surface area contributed by atoms with Gasteiger partial charge in [-0.05, 0) is 12.1 Å². The summed E-state index contributed by atoms with van der Waals surface area (Å²) in [4.78, 5) is 10.9. The molecule has 1 aromatic carbocycles. The van der Waals surface area contributed by atoms with Gasteiger partial charge in [-0.25, -0.2) is 4.39 Å². The Morgan fingerprint density at radius 1 is 1.58 bits per heavy atom. The zero-order valence-electron chi connectivity index (χ0n) is 6.25. The van der Waals surface area contributed by atoms with E-state index < -0.39 is 17.3 Å². The van der Waals surface area contributed by atoms with Gasteiger partial charge in [-0.2, -0.15) is 0 Å². The Kier molecular flexibility index (Phi) is 2.40. The Labute approximate surface area is 68.6 Å². The molecule has 3 N–H and O–H groups in total. The lowest BCUT2D eigenvalue weighted by molar-refractivity contribution is 0.0998. The van der Waals surface area contributed by atoms with E-state index in [1.165, 1.54) is 12.1 Å². The molecule has 64 valence electrons. The van der Waals surface area contributed by atoms with Gasteiger partial charge in [-0.3, -0.25) is 4.79 Å². The van der Waals surface area contributed by atoms with Gasteiger partial charge in [0.25, 0.3) is 0 Å². The number of carbonyl (C=O) groups is 1. The van der Waals surface area contributed by atoms with Crippen LogP contribution in [0.25, 0.3) is 0 Å². The molecule has 1 aromatic rings. The van der Waals surface area contributed by atoms with E-state index in [1.807, 2.05) is 0 Å². The number of para-hydroxylation sites is 1. The first kappa shape index (κ1) is 8.67. The smallest absolute Gasteiger partial charge is 0.180 e. The molecule has 0 unspecified atom stereocenters. The molecule has 0 amide bonds. The summed E-state index contributed by atoms with van der Waals surface area (Å²) in [5.41, 5.74) is 4.97. The van der Waals surface area contributed by atoms with Crippen molar-refractivity contribution in [3.8, 4) is 5.75 Å². The number of rotatable bonds is 2. The summed E-state index contributed by atoms with van der Waals surface area (Å²) in [7, 11) is 0. The fraction of sp³-hybridized carbons (Fsp3) is 0.125. The third-order valence-electron chi connectivity index (χ3n) is 1.47. The third-order valence-corrected chi connectivity index (χ3v) is 1.47. The van der Waals surface area contributed by atoms with E-state index in [2.05, 4.69) is 0 Å². The molecule has 0 aliphatic rings. The summed E-state index contributed by atoms with van der Waals surface area (Å²) in [6.07, 6.45) is 0. The van der Waals surface area contributed by atoms with Crippen LogP contribution in [0.1, 0.15) is 10.4 Å². The maximum atomic E-state index is 12.6. The fourth-order valence-corrected chi connectivity index (χ4v) is 0.850. The molecule has 0 aromatic heterocycles. The number of aromatic hydroxyl groups is 1. The van der Waals surface area contributed by atoms with Crippen molar-refractivity contribution < 1.29 is 14.3 Å². The van der Waals surface area contributed by atoms with E-state index >= 15 is 0 Å². The van der Waals surface area contributed by atoms with Crippen LogP contribution in [0.2, 0.25) is 0 Å². The molecule has 0 bridgehead atoms. The maximum absolute atomic E-state index is 12.6. The van der Waals surface area contributed by atoms with Gasteiger partial charge in [0.15, 0.2) is 17.3 Å². The molecule has 1 rings (SSSR count). The Bertz CT molecular complexity index is 312. The molecule has 3 nitrogen and oxygen atoms in total. The van der Waals surface area contributed by atoms with Gasteiger partial charge in [-0.15, -0.1) is 0 Å². The second-order valence-corrected chi connectivity index (χ2v) is 2.26. The number of ketones is 1. The molecule has 4 heteroatoms. The standard InChI is InChI=1S/C8H8FNO2/c9-6-3-1-2-5(8(6)12)7(11)4-10/h1-3,12H,4,10H2. The van der Waals surface area contributed by atoms with E-state index in [-0.39, 0.29) is 12.1 Å². The van der Waals surface area contributed by atoms with Gasteiger partial charge in [0.05, 0.1) is 12.1 Å². The Balaban J connectivity index is 3.16. The molecular formula is C8H8FNO2. The number of hydrogen-bond donors (Lipinski definition) is 2. The highest BCUT2D eigenvalue weighted by Gasteiger charge is 2.11. The Hall–Kier alpha value is -1.42. The number of benzene rings is 1. The number of phenolic OH excluding ortho intramolecular Hbond substituents is 1. The second-order valence-electron chi connectivity index (χ2n) is 2.26. The van der Waals surface area contributed by atoms with Crippen molar-refractivity contribution in [2.75, 3.05) is 6.54 Å². The van der Waals surface area contributed by atoms with Crippen LogP contribution >= 0.6 is 0 Å². The summed E-state index contributed by atoms with van der Waals surface area (Å²) in [6, 6.07) is 3.74. The molecule has 0 spiro atoms. The quantitative estimate of drug-likeness (QED) is 0.639. The van der Waals surface area contributed by atoms with E-state index in [9.17, 15) is 9.18 Å². The maximum Gasteiger partial charge on any atom is 0.180 e. The second kappa shape index (κ2) is 3.32. The molecule has 0 radical (unpaired) electrons. The fourth-order valence-electron chi connectivity index (χ4n) is 0.850. The lowest BCUT2D eigenvalue weighted by Gasteiger charge is -2.01. The zero-order valence-corrected chi connectivity index (χ0v) is 6.25. The SMILES string of the molecule is NCC(=O)c1cccc(F)c1O. The first-order chi connectivity index (χ1) is 5.66. The van der Waals surface area contributed by atoms with Crippen molar-refractivity contribution in [3.05, 3.63) is 29.6 Å². The summed E-state index contributed by atoms with van der Waals surface area (Å²) < 4.78 is 12.6. The molecule has 0 aliphatic carbocycles. The molecule has 0 aliphatic heterocycles. The topological polar surface area (TPSA) is 63.3 Å². The van der Waals surface area contributed by atoms with Crippen LogP contribution in [0.15, 0.2) is 18.2 Å². The number of hydrogen-bond acceptors (Lipinski definition) is 3. The van der Waals surface area contributed by atoms with Gasteiger partial charge >= 0.3 is 0 Å². The lowest BCUT2D eigenvalue weighted by Crippen LogP contribution is -2.13. The van der Waals surface area contributed by atoms with Crippen LogP contribution in [-0.4, -0.2) is 17.4 Å². The molecule has 0 saturated heterocycles. The van der Waals surface area contributed by atoms with Crippen molar-refractivity contribution in [2.24, 2.45) is 5.73 Å². The summed E-state index contributed by atoms with van der Waals surface area (Å²) in [6.45, 7) is -0.239. The van der Waals surface area contributed by atoms with Gasteiger partial charge in [0.2, 0.25) is 0 Å². The van der Waals surface area contributed by atoms with Crippen LogP contribution in [0.3, 0.4) is 0 Å². The minimum Gasteiger partial charge on any atom is -0.504 e. The molecular weight excluding hydrogens is 161 g/mol. The number of halogens is 1. The first-order valence-electron chi connectivity index (χ1n) is 3.37. The highest BCUT2D eigenvalue weighted by atomic mass is 19.1. The number of carbonyl (C=O) groups excluding carboxylic acids is 1. The van der Waals surface area contributed by atoms with Gasteiger partial charge < -0.3 is 10.8 Å². The van der Waals surface area contributed by atoms with Gasteiger partial charge in [0.1, 0.15) is 0 Å². The van der Waals surface area contributed by atoms with Gasteiger partial charge in [0, 0.05) is 0 Å². The van der Waals surface area contributed by atoms with Crippen LogP contribution in [0.5, 0.6) is 5.75 Å². The largest absolute Gasteiger partial charge is 0.504 e. The minimum atomic E-state index is -0.811. The monoisotopic (exact) mass is 169 g/mol. The zero-order chi connectivity index (χ0) is 9.14. The predicted octanol–water partition coefficient (Wildman–Crippen LogP) is 0.673. The Morgan fingerprint density at radius 2 is 2.25 bits per heavy atom. The molecule has 12 heavy (non-hydrogen) atoms. The molecule has 0 saturated carbocycles. The number of nitrogens with two attached hydrogens (primary N) is 1. The third kappa shape index (κ3) is 1.43. The van der Waals surface area contributed by atoms with Crippen LogP contribution in [-0.2, 0) is 0 Å². The van der Waals surface area contributed by atoms with E-state index in [1.54, 1.807) is 0 Å². The van der Waals surface area contributed by atoms with Crippen molar-refractivity contribution in [3.63, 3.8) is 0 Å². The number of phenols is 1. The average Bonchev–Trinajstić information content (AvgIpc) is 2.08. The predicted molar refractivity (Wildman–Crippen MR) is 41.4 cm³/mol. The highest BCUT2D eigenvalue weighted by Crippen LogP contribution is 2.20. The average molecular weight is 169 g/mol. The molecule has 0 atom stereocenters. The number of Topliss-reactive ketones (excluding diaryl/α,β-unsaturated/α-hetero) is 1. The van der Waals surface area contributed by atoms with E-state index in [0.717, 1.165) is 6.07 Å². The molecule has 0 fully saturated rings. The van der Waals surface area contributed by atoms with Crippen molar-refractivity contribution in [1.29, 1.82) is 0 Å². The van der Waals surface area contributed by atoms with Crippen molar-refractivity contribution in [1.82, 2.24) is 0 Å². The minimum absolute atomic E-state index is 0.0718. The first-order valence-corrected chi connectivity index (χ1v) is 3.37.